The van der Waals surface area contributed by atoms with Gasteiger partial charge in [-0.25, -0.2) is 0 Å². The Hall–Kier alpha value is -0.170. The lowest BCUT2D eigenvalue weighted by atomic mass is 9.99. The molecule has 0 aromatic carbocycles. The zero-order valence-electron chi connectivity index (χ0n) is 12.0. The molecule has 1 fully saturated rings. The molecule has 0 aliphatic carbocycles. The number of nitrogens with one attached hydrogen (secondary N) is 1. The summed E-state index contributed by atoms with van der Waals surface area (Å²) in [5, 5.41) is 3.42. The molecule has 1 saturated heterocycles. The fourth-order valence-corrected chi connectivity index (χ4v) is 3.84. The van der Waals surface area contributed by atoms with Crippen LogP contribution in [0.15, 0.2) is 0 Å². The predicted molar refractivity (Wildman–Crippen MR) is 74.7 cm³/mol. The van der Waals surface area contributed by atoms with E-state index in [4.69, 9.17) is 0 Å². The molecule has 2 unspecified atom stereocenters. The largest absolute Gasteiger partial charge is 0.313 e. The maximum atomic E-state index is 12.3. The van der Waals surface area contributed by atoms with Gasteiger partial charge in [-0.15, -0.1) is 0 Å². The quantitative estimate of drug-likeness (QED) is 0.789. The minimum absolute atomic E-state index is 0.0812. The average Bonchev–Trinajstić information content (AvgIpc) is 2.35. The van der Waals surface area contributed by atoms with Crippen LogP contribution in [0.5, 0.6) is 0 Å². The maximum Gasteiger partial charge on any atom is 0.281 e. The molecule has 0 radical (unpaired) electrons. The lowest BCUT2D eigenvalue weighted by molar-refractivity contribution is 0.200. The zero-order chi connectivity index (χ0) is 13.8. The monoisotopic (exact) mass is 277 g/mol. The molecule has 0 bridgehead atoms. The third kappa shape index (κ3) is 3.66. The fourth-order valence-electron chi connectivity index (χ4n) is 2.43. The van der Waals surface area contributed by atoms with Crippen molar-refractivity contribution in [3.8, 4) is 0 Å². The van der Waals surface area contributed by atoms with Crippen LogP contribution in [0.4, 0.5) is 0 Å². The number of hydrogen-bond donors (Lipinski definition) is 1. The van der Waals surface area contributed by atoms with E-state index < -0.39 is 10.2 Å². The first-order valence-electron chi connectivity index (χ1n) is 6.84. The summed E-state index contributed by atoms with van der Waals surface area (Å²) in [5.41, 5.74) is 0. The minimum atomic E-state index is -3.29. The second kappa shape index (κ2) is 6.84. The van der Waals surface area contributed by atoms with E-state index in [1.54, 1.807) is 18.4 Å². The molecule has 1 N–H and O–H groups in total. The van der Waals surface area contributed by atoms with Crippen molar-refractivity contribution < 1.29 is 8.42 Å². The fraction of sp³-hybridized carbons (Fsp3) is 1.00. The molecule has 2 atom stereocenters. The molecule has 0 aromatic heterocycles. The van der Waals surface area contributed by atoms with Crippen LogP contribution in [0, 0.1) is 0 Å². The Bertz CT molecular complexity index is 343. The number of nitrogens with zero attached hydrogens (tertiary/aromatic N) is 2. The second-order valence-corrected chi connectivity index (χ2v) is 7.30. The van der Waals surface area contributed by atoms with Gasteiger partial charge < -0.3 is 5.32 Å². The van der Waals surface area contributed by atoms with Crippen LogP contribution in [0.2, 0.25) is 0 Å². The van der Waals surface area contributed by atoms with Gasteiger partial charge in [0.15, 0.2) is 0 Å². The minimum Gasteiger partial charge on any atom is -0.313 e. The second-order valence-electron chi connectivity index (χ2n) is 5.21. The van der Waals surface area contributed by atoms with Crippen molar-refractivity contribution in [2.45, 2.75) is 51.6 Å². The number of hydrogen-bond acceptors (Lipinski definition) is 3. The topological polar surface area (TPSA) is 52.7 Å². The van der Waals surface area contributed by atoms with Crippen molar-refractivity contribution in [3.05, 3.63) is 0 Å². The number of piperidine rings is 1. The highest BCUT2D eigenvalue weighted by Gasteiger charge is 2.36. The van der Waals surface area contributed by atoms with Gasteiger partial charge >= 0.3 is 0 Å². The summed E-state index contributed by atoms with van der Waals surface area (Å²) in [6.07, 6.45) is 4.09. The van der Waals surface area contributed by atoms with Crippen LogP contribution in [0.25, 0.3) is 0 Å². The zero-order valence-corrected chi connectivity index (χ0v) is 12.8. The summed E-state index contributed by atoms with van der Waals surface area (Å²) in [5.74, 6) is 0. The molecule has 1 aliphatic heterocycles. The third-order valence-electron chi connectivity index (χ3n) is 3.55. The summed E-state index contributed by atoms with van der Waals surface area (Å²) < 4.78 is 27.6. The SMILES string of the molecule is CCCNC(C)C1CCCCN1S(=O)(=O)N(C)C. The van der Waals surface area contributed by atoms with Crippen molar-refractivity contribution in [2.24, 2.45) is 0 Å². The standard InChI is InChI=1S/C12H27N3O2S/c1-5-9-13-11(2)12-8-6-7-10-15(12)18(16,17)14(3)4/h11-13H,5-10H2,1-4H3. The van der Waals surface area contributed by atoms with E-state index in [2.05, 4.69) is 19.2 Å². The smallest absolute Gasteiger partial charge is 0.281 e. The molecule has 0 amide bonds. The van der Waals surface area contributed by atoms with E-state index in [0.717, 1.165) is 32.2 Å². The molecular weight excluding hydrogens is 250 g/mol. The lowest BCUT2D eigenvalue weighted by Gasteiger charge is -2.39. The van der Waals surface area contributed by atoms with Gasteiger partial charge in [0.25, 0.3) is 10.2 Å². The Kier molecular flexibility index (Phi) is 6.04. The van der Waals surface area contributed by atoms with Crippen molar-refractivity contribution in [2.75, 3.05) is 27.2 Å². The Balaban J connectivity index is 2.80. The summed E-state index contributed by atoms with van der Waals surface area (Å²) >= 11 is 0. The van der Waals surface area contributed by atoms with Crippen LogP contribution in [-0.2, 0) is 10.2 Å². The van der Waals surface area contributed by atoms with Gasteiger partial charge in [0.05, 0.1) is 0 Å². The number of rotatable bonds is 6. The summed E-state index contributed by atoms with van der Waals surface area (Å²) in [6.45, 7) is 5.79. The van der Waals surface area contributed by atoms with Crippen LogP contribution in [0.3, 0.4) is 0 Å². The summed E-state index contributed by atoms with van der Waals surface area (Å²) in [7, 11) is -0.0879. The summed E-state index contributed by atoms with van der Waals surface area (Å²) in [6, 6.07) is 0.290. The van der Waals surface area contributed by atoms with Gasteiger partial charge in [0, 0.05) is 32.7 Å². The van der Waals surface area contributed by atoms with Crippen molar-refractivity contribution in [1.82, 2.24) is 13.9 Å². The van der Waals surface area contributed by atoms with Crippen molar-refractivity contribution in [1.29, 1.82) is 0 Å². The van der Waals surface area contributed by atoms with E-state index in [1.807, 2.05) is 0 Å². The first kappa shape index (κ1) is 15.9. The van der Waals surface area contributed by atoms with Crippen LogP contribution >= 0.6 is 0 Å². The maximum absolute atomic E-state index is 12.3. The molecule has 0 spiro atoms. The van der Waals surface area contributed by atoms with Gasteiger partial charge in [-0.05, 0) is 32.7 Å². The summed E-state index contributed by atoms with van der Waals surface area (Å²) in [4.78, 5) is 0. The molecule has 1 aliphatic rings. The van der Waals surface area contributed by atoms with Gasteiger partial charge in [-0.3, -0.25) is 0 Å². The molecule has 1 rings (SSSR count). The van der Waals surface area contributed by atoms with E-state index in [1.165, 1.54) is 4.31 Å². The highest BCUT2D eigenvalue weighted by Crippen LogP contribution is 2.23. The highest BCUT2D eigenvalue weighted by molar-refractivity contribution is 7.86. The van der Waals surface area contributed by atoms with Crippen molar-refractivity contribution in [3.63, 3.8) is 0 Å². The van der Waals surface area contributed by atoms with Gasteiger partial charge in [-0.1, -0.05) is 13.3 Å². The predicted octanol–water partition coefficient (Wildman–Crippen LogP) is 1.04. The van der Waals surface area contributed by atoms with Gasteiger partial charge in [0.1, 0.15) is 0 Å². The third-order valence-corrected chi connectivity index (χ3v) is 5.52. The molecular formula is C12H27N3O2S. The van der Waals surface area contributed by atoms with E-state index in [9.17, 15) is 8.42 Å². The van der Waals surface area contributed by atoms with Crippen LogP contribution in [0.1, 0.15) is 39.5 Å². The van der Waals surface area contributed by atoms with Crippen LogP contribution in [-0.4, -0.2) is 56.3 Å². The van der Waals surface area contributed by atoms with Gasteiger partial charge in [-0.2, -0.15) is 17.0 Å². The lowest BCUT2D eigenvalue weighted by Crippen LogP contribution is -2.55. The Morgan fingerprint density at radius 1 is 1.39 bits per heavy atom. The average molecular weight is 277 g/mol. The van der Waals surface area contributed by atoms with Crippen LogP contribution < -0.4 is 5.32 Å². The highest BCUT2D eigenvalue weighted by atomic mass is 32.2. The van der Waals surface area contributed by atoms with Crippen molar-refractivity contribution >= 4 is 10.2 Å². The first-order chi connectivity index (χ1) is 8.41. The molecule has 0 aromatic rings. The molecule has 0 saturated carbocycles. The Labute approximate surface area is 112 Å². The normalized spacial score (nSPS) is 24.4. The molecule has 18 heavy (non-hydrogen) atoms. The molecule has 5 nitrogen and oxygen atoms in total. The van der Waals surface area contributed by atoms with E-state index in [-0.39, 0.29) is 12.1 Å². The van der Waals surface area contributed by atoms with E-state index >= 15 is 0 Å². The molecule has 1 heterocycles. The Morgan fingerprint density at radius 2 is 2.06 bits per heavy atom. The van der Waals surface area contributed by atoms with E-state index in [0.29, 0.717) is 6.54 Å². The van der Waals surface area contributed by atoms with Gasteiger partial charge in [0.2, 0.25) is 0 Å². The Morgan fingerprint density at radius 3 is 2.61 bits per heavy atom. The molecule has 108 valence electrons. The molecule has 6 heteroatoms. The first-order valence-corrected chi connectivity index (χ1v) is 8.23.